The van der Waals surface area contributed by atoms with Crippen LogP contribution in [0.25, 0.3) is 0 Å². The highest BCUT2D eigenvalue weighted by Crippen LogP contribution is 2.15. The molecule has 0 aliphatic rings. The third kappa shape index (κ3) is 4.94. The van der Waals surface area contributed by atoms with Crippen LogP contribution in [0.15, 0.2) is 18.2 Å². The maximum Gasteiger partial charge on any atom is 0.341 e. The molecule has 7 heteroatoms. The Hall–Kier alpha value is -2.13. The number of nitriles is 1. The molecule has 19 heavy (non-hydrogen) atoms. The summed E-state index contributed by atoms with van der Waals surface area (Å²) in [6, 6.07) is 5.29. The summed E-state index contributed by atoms with van der Waals surface area (Å²) in [5.74, 6) is -2.32. The number of nitrogens with zero attached hydrogens (tertiary/aromatic N) is 1. The Morgan fingerprint density at radius 3 is 2.89 bits per heavy atom. The standard InChI is InChI=1S/C12H10ClFN2O3/c13-8-2-3-10(14)9(6-8)12(18)19-7-11(17)16-5-1-4-15/h2-3,6H,1,5,7H2,(H,16,17). The third-order valence-electron chi connectivity index (χ3n) is 2.04. The summed E-state index contributed by atoms with van der Waals surface area (Å²) in [5.41, 5.74) is -0.336. The minimum atomic E-state index is -0.976. The molecule has 1 aromatic carbocycles. The Morgan fingerprint density at radius 1 is 1.47 bits per heavy atom. The molecule has 0 unspecified atom stereocenters. The molecule has 0 heterocycles. The maximum atomic E-state index is 13.3. The van der Waals surface area contributed by atoms with Gasteiger partial charge < -0.3 is 10.1 Å². The SMILES string of the molecule is N#CCCNC(=O)COC(=O)c1cc(Cl)ccc1F. The number of esters is 1. The molecular weight excluding hydrogens is 275 g/mol. The molecule has 0 aliphatic carbocycles. The van der Waals surface area contributed by atoms with Gasteiger partial charge in [0, 0.05) is 11.6 Å². The summed E-state index contributed by atoms with van der Waals surface area (Å²) in [7, 11) is 0. The van der Waals surface area contributed by atoms with E-state index in [4.69, 9.17) is 16.9 Å². The minimum Gasteiger partial charge on any atom is -0.452 e. The Morgan fingerprint density at radius 2 is 2.21 bits per heavy atom. The van der Waals surface area contributed by atoms with Gasteiger partial charge in [-0.15, -0.1) is 0 Å². The van der Waals surface area contributed by atoms with Crippen LogP contribution in [-0.4, -0.2) is 25.0 Å². The summed E-state index contributed by atoms with van der Waals surface area (Å²) < 4.78 is 17.9. The molecule has 0 radical (unpaired) electrons. The molecule has 5 nitrogen and oxygen atoms in total. The van der Waals surface area contributed by atoms with E-state index in [0.717, 1.165) is 12.1 Å². The number of amides is 1. The second kappa shape index (κ2) is 7.34. The van der Waals surface area contributed by atoms with Crippen LogP contribution >= 0.6 is 11.6 Å². The predicted octanol–water partition coefficient (Wildman–Crippen LogP) is 1.67. The van der Waals surface area contributed by atoms with Crippen LogP contribution < -0.4 is 5.32 Å². The lowest BCUT2D eigenvalue weighted by molar-refractivity contribution is -0.124. The lowest BCUT2D eigenvalue weighted by atomic mass is 10.2. The van der Waals surface area contributed by atoms with E-state index < -0.39 is 24.3 Å². The molecule has 1 N–H and O–H groups in total. The number of carbonyl (C=O) groups is 2. The Kier molecular flexibility index (Phi) is 5.76. The topological polar surface area (TPSA) is 79.2 Å². The van der Waals surface area contributed by atoms with E-state index in [0.29, 0.717) is 0 Å². The molecule has 1 aromatic rings. The number of halogens is 2. The largest absolute Gasteiger partial charge is 0.452 e. The van der Waals surface area contributed by atoms with E-state index in [9.17, 15) is 14.0 Å². The molecule has 0 bridgehead atoms. The zero-order chi connectivity index (χ0) is 14.3. The summed E-state index contributed by atoms with van der Waals surface area (Å²) in [6.07, 6.45) is 0.155. The van der Waals surface area contributed by atoms with Crippen LogP contribution in [0.4, 0.5) is 4.39 Å². The number of hydrogen-bond donors (Lipinski definition) is 1. The second-order valence-corrected chi connectivity index (χ2v) is 3.89. The molecular formula is C12H10ClFN2O3. The second-order valence-electron chi connectivity index (χ2n) is 3.46. The van der Waals surface area contributed by atoms with Crippen LogP contribution in [-0.2, 0) is 9.53 Å². The van der Waals surface area contributed by atoms with Gasteiger partial charge in [-0.25, -0.2) is 9.18 Å². The minimum absolute atomic E-state index is 0.155. The zero-order valence-corrected chi connectivity index (χ0v) is 10.5. The molecule has 100 valence electrons. The van der Waals surface area contributed by atoms with Gasteiger partial charge in [-0.3, -0.25) is 4.79 Å². The number of nitrogens with one attached hydrogen (secondary N) is 1. The molecule has 0 fully saturated rings. The molecule has 0 saturated heterocycles. The van der Waals surface area contributed by atoms with E-state index in [1.165, 1.54) is 6.07 Å². The number of benzene rings is 1. The molecule has 0 saturated carbocycles. The monoisotopic (exact) mass is 284 g/mol. The van der Waals surface area contributed by atoms with Crippen LogP contribution in [0.1, 0.15) is 16.8 Å². The number of ether oxygens (including phenoxy) is 1. The Bertz CT molecular complexity index is 528. The van der Waals surface area contributed by atoms with Crippen molar-refractivity contribution in [2.45, 2.75) is 6.42 Å². The fraction of sp³-hybridized carbons (Fsp3) is 0.250. The van der Waals surface area contributed by atoms with Crippen LogP contribution in [0.5, 0.6) is 0 Å². The van der Waals surface area contributed by atoms with Gasteiger partial charge >= 0.3 is 5.97 Å². The third-order valence-corrected chi connectivity index (χ3v) is 2.28. The molecule has 1 rings (SSSR count). The van der Waals surface area contributed by atoms with E-state index in [2.05, 4.69) is 10.1 Å². The summed E-state index contributed by atoms with van der Waals surface area (Å²) in [4.78, 5) is 22.7. The van der Waals surface area contributed by atoms with Gasteiger partial charge in [0.15, 0.2) is 6.61 Å². The van der Waals surface area contributed by atoms with E-state index in [1.807, 2.05) is 6.07 Å². The first-order valence-electron chi connectivity index (χ1n) is 5.30. The number of rotatable bonds is 5. The highest BCUT2D eigenvalue weighted by atomic mass is 35.5. The average molecular weight is 285 g/mol. The normalized spacial score (nSPS) is 9.53. The first-order valence-corrected chi connectivity index (χ1v) is 5.68. The molecule has 1 amide bonds. The highest BCUT2D eigenvalue weighted by Gasteiger charge is 2.15. The van der Waals surface area contributed by atoms with E-state index in [1.54, 1.807) is 0 Å². The van der Waals surface area contributed by atoms with Crippen molar-refractivity contribution in [3.05, 3.63) is 34.6 Å². The van der Waals surface area contributed by atoms with Crippen LogP contribution in [0, 0.1) is 17.1 Å². The zero-order valence-electron chi connectivity index (χ0n) is 9.78. The summed E-state index contributed by atoms with van der Waals surface area (Å²) in [6.45, 7) is -0.380. The van der Waals surface area contributed by atoms with Gasteiger partial charge in [-0.1, -0.05) is 11.6 Å². The van der Waals surface area contributed by atoms with Crippen molar-refractivity contribution in [3.8, 4) is 6.07 Å². The first-order chi connectivity index (χ1) is 9.04. The summed E-state index contributed by atoms with van der Waals surface area (Å²) in [5, 5.41) is 10.8. The smallest absolute Gasteiger partial charge is 0.341 e. The lowest BCUT2D eigenvalue weighted by Crippen LogP contribution is -2.29. The quantitative estimate of drug-likeness (QED) is 0.659. The fourth-order valence-electron chi connectivity index (χ4n) is 1.17. The average Bonchev–Trinajstić information content (AvgIpc) is 2.39. The number of hydrogen-bond acceptors (Lipinski definition) is 4. The lowest BCUT2D eigenvalue weighted by Gasteiger charge is -2.06. The Balaban J connectivity index is 2.49. The van der Waals surface area contributed by atoms with Crippen molar-refractivity contribution >= 4 is 23.5 Å². The van der Waals surface area contributed by atoms with Crippen molar-refractivity contribution in [3.63, 3.8) is 0 Å². The first kappa shape index (κ1) is 14.9. The number of carbonyl (C=O) groups excluding carboxylic acids is 2. The van der Waals surface area contributed by atoms with Gasteiger partial charge in [-0.2, -0.15) is 5.26 Å². The van der Waals surface area contributed by atoms with Gasteiger partial charge in [0.2, 0.25) is 0 Å². The van der Waals surface area contributed by atoms with E-state index >= 15 is 0 Å². The Labute approximate surface area is 113 Å². The van der Waals surface area contributed by atoms with Crippen molar-refractivity contribution in [1.82, 2.24) is 5.32 Å². The van der Waals surface area contributed by atoms with Gasteiger partial charge in [-0.05, 0) is 18.2 Å². The highest BCUT2D eigenvalue weighted by molar-refractivity contribution is 6.30. The van der Waals surface area contributed by atoms with Crippen LogP contribution in [0.3, 0.4) is 0 Å². The summed E-state index contributed by atoms with van der Waals surface area (Å²) >= 11 is 5.62. The van der Waals surface area contributed by atoms with Crippen LogP contribution in [0.2, 0.25) is 5.02 Å². The molecule has 0 atom stereocenters. The predicted molar refractivity (Wildman–Crippen MR) is 64.9 cm³/mol. The van der Waals surface area contributed by atoms with Crippen molar-refractivity contribution in [2.24, 2.45) is 0 Å². The molecule has 0 spiro atoms. The van der Waals surface area contributed by atoms with Gasteiger partial charge in [0.1, 0.15) is 5.82 Å². The van der Waals surface area contributed by atoms with Crippen molar-refractivity contribution in [2.75, 3.05) is 13.2 Å². The van der Waals surface area contributed by atoms with Gasteiger partial charge in [0.05, 0.1) is 18.1 Å². The maximum absolute atomic E-state index is 13.3. The molecule has 0 aliphatic heterocycles. The fourth-order valence-corrected chi connectivity index (χ4v) is 1.34. The van der Waals surface area contributed by atoms with Gasteiger partial charge in [0.25, 0.3) is 5.91 Å². The molecule has 0 aromatic heterocycles. The van der Waals surface area contributed by atoms with Crippen molar-refractivity contribution < 1.29 is 18.7 Å². The van der Waals surface area contributed by atoms with E-state index in [-0.39, 0.29) is 23.6 Å². The van der Waals surface area contributed by atoms with Crippen molar-refractivity contribution in [1.29, 1.82) is 5.26 Å².